The molecule has 5 rings (SSSR count). The summed E-state index contributed by atoms with van der Waals surface area (Å²) in [5.41, 5.74) is 6.68. The van der Waals surface area contributed by atoms with Gasteiger partial charge >= 0.3 is 0 Å². The third-order valence-electron chi connectivity index (χ3n) is 6.30. The summed E-state index contributed by atoms with van der Waals surface area (Å²) in [6.45, 7) is 7.03. The van der Waals surface area contributed by atoms with Crippen molar-refractivity contribution >= 4 is 22.6 Å². The first-order valence-electron chi connectivity index (χ1n) is 10.9. The van der Waals surface area contributed by atoms with E-state index in [1.165, 1.54) is 16.7 Å². The molecule has 4 aromatic rings. The Morgan fingerprint density at radius 3 is 2.35 bits per heavy atom. The number of para-hydroxylation sites is 2. The van der Waals surface area contributed by atoms with Gasteiger partial charge in [0.15, 0.2) is 0 Å². The lowest BCUT2D eigenvalue weighted by atomic mass is 10.0. The fourth-order valence-corrected chi connectivity index (χ4v) is 4.88. The number of hydrogen-bond acceptors (Lipinski definition) is 2. The zero-order valence-corrected chi connectivity index (χ0v) is 18.2. The van der Waals surface area contributed by atoms with Gasteiger partial charge in [-0.15, -0.1) is 0 Å². The molecule has 1 saturated heterocycles. The molecule has 1 aliphatic rings. The normalized spacial score (nSPS) is 17.5. The van der Waals surface area contributed by atoms with Crippen molar-refractivity contribution in [1.82, 2.24) is 9.55 Å². The summed E-state index contributed by atoms with van der Waals surface area (Å²) in [5, 5.41) is 0. The molecular weight excluding hydrogens is 382 g/mol. The highest BCUT2D eigenvalue weighted by molar-refractivity contribution is 5.96. The van der Waals surface area contributed by atoms with Crippen LogP contribution in [0.4, 0.5) is 5.69 Å². The minimum absolute atomic E-state index is 0.0619. The second-order valence-corrected chi connectivity index (χ2v) is 8.67. The Balaban J connectivity index is 1.57. The summed E-state index contributed by atoms with van der Waals surface area (Å²) in [6.07, 6.45) is 0.484. The lowest BCUT2D eigenvalue weighted by molar-refractivity contribution is -0.117. The Hall–Kier alpha value is -3.40. The van der Waals surface area contributed by atoms with Crippen LogP contribution in [0.25, 0.3) is 11.0 Å². The van der Waals surface area contributed by atoms with Gasteiger partial charge in [0.1, 0.15) is 5.82 Å². The van der Waals surface area contributed by atoms with E-state index >= 15 is 0 Å². The van der Waals surface area contributed by atoms with Gasteiger partial charge in [-0.25, -0.2) is 4.98 Å². The molecular formula is C27H27N3O. The molecule has 1 fully saturated rings. The Morgan fingerprint density at radius 2 is 1.61 bits per heavy atom. The zero-order chi connectivity index (χ0) is 21.5. The smallest absolute Gasteiger partial charge is 0.227 e. The molecule has 1 aromatic heterocycles. The lowest BCUT2D eigenvalue weighted by Crippen LogP contribution is -2.25. The van der Waals surface area contributed by atoms with Gasteiger partial charge in [0.2, 0.25) is 5.91 Å². The number of benzene rings is 3. The van der Waals surface area contributed by atoms with Crippen LogP contribution in [-0.4, -0.2) is 22.0 Å². The Morgan fingerprint density at radius 1 is 0.935 bits per heavy atom. The largest absolute Gasteiger partial charge is 0.320 e. The molecule has 4 heteroatoms. The van der Waals surface area contributed by atoms with Gasteiger partial charge in [-0.3, -0.25) is 4.79 Å². The third kappa shape index (κ3) is 3.52. The van der Waals surface area contributed by atoms with Gasteiger partial charge in [0, 0.05) is 24.6 Å². The summed E-state index contributed by atoms with van der Waals surface area (Å²) >= 11 is 0. The van der Waals surface area contributed by atoms with E-state index in [-0.39, 0.29) is 17.9 Å². The molecule has 0 bridgehead atoms. The number of aryl methyl sites for hydroxylation is 2. The quantitative estimate of drug-likeness (QED) is 0.428. The Labute approximate surface area is 183 Å². The van der Waals surface area contributed by atoms with Crippen LogP contribution < -0.4 is 4.90 Å². The number of fused-ring (bicyclic) bond motifs is 1. The van der Waals surface area contributed by atoms with E-state index in [9.17, 15) is 4.79 Å². The number of anilines is 1. The van der Waals surface area contributed by atoms with Crippen molar-refractivity contribution in [2.75, 3.05) is 11.4 Å². The van der Waals surface area contributed by atoms with E-state index in [0.717, 1.165) is 22.5 Å². The molecule has 3 aromatic carbocycles. The number of aromatic nitrogens is 2. The van der Waals surface area contributed by atoms with Gasteiger partial charge < -0.3 is 9.47 Å². The molecule has 156 valence electrons. The predicted molar refractivity (Wildman–Crippen MR) is 126 cm³/mol. The van der Waals surface area contributed by atoms with E-state index in [2.05, 4.69) is 86.0 Å². The first-order valence-corrected chi connectivity index (χ1v) is 10.9. The molecule has 1 amide bonds. The molecule has 0 saturated carbocycles. The fraction of sp³-hybridized carbons (Fsp3) is 0.259. The number of carbonyl (C=O) groups excluding carboxylic acids is 1. The minimum atomic E-state index is 0.0619. The first kappa shape index (κ1) is 19.6. The van der Waals surface area contributed by atoms with E-state index in [4.69, 9.17) is 4.98 Å². The highest BCUT2D eigenvalue weighted by atomic mass is 16.2. The van der Waals surface area contributed by atoms with Crippen LogP contribution >= 0.6 is 0 Å². The van der Waals surface area contributed by atoms with Gasteiger partial charge in [0.05, 0.1) is 17.1 Å². The fourth-order valence-electron chi connectivity index (χ4n) is 4.88. The average Bonchev–Trinajstić information content (AvgIpc) is 3.34. The van der Waals surface area contributed by atoms with Crippen LogP contribution in [0.3, 0.4) is 0 Å². The second kappa shape index (κ2) is 7.69. The van der Waals surface area contributed by atoms with Crippen molar-refractivity contribution < 1.29 is 4.79 Å². The predicted octanol–water partition coefficient (Wildman–Crippen LogP) is 5.78. The van der Waals surface area contributed by atoms with Gasteiger partial charge in [0.25, 0.3) is 0 Å². The van der Waals surface area contributed by atoms with Crippen molar-refractivity contribution in [2.45, 2.75) is 39.2 Å². The van der Waals surface area contributed by atoms with E-state index in [1.54, 1.807) is 0 Å². The molecule has 0 unspecified atom stereocenters. The molecule has 2 heterocycles. The molecule has 31 heavy (non-hydrogen) atoms. The van der Waals surface area contributed by atoms with E-state index in [1.807, 2.05) is 17.0 Å². The molecule has 0 radical (unpaired) electrons. The summed E-state index contributed by atoms with van der Waals surface area (Å²) in [4.78, 5) is 20.0. The number of rotatable bonds is 4. The van der Waals surface area contributed by atoms with Gasteiger partial charge in [-0.1, -0.05) is 48.5 Å². The number of imidazole rings is 1. The Bertz CT molecular complexity index is 1240. The molecule has 0 spiro atoms. The third-order valence-corrected chi connectivity index (χ3v) is 6.30. The number of carbonyl (C=O) groups is 1. The number of nitrogens with zero attached hydrogens (tertiary/aromatic N) is 3. The second-order valence-electron chi connectivity index (χ2n) is 8.67. The summed E-state index contributed by atoms with van der Waals surface area (Å²) in [7, 11) is 0. The zero-order valence-electron chi connectivity index (χ0n) is 18.2. The monoisotopic (exact) mass is 409 g/mol. The van der Waals surface area contributed by atoms with Crippen molar-refractivity contribution in [2.24, 2.45) is 0 Å². The maximum Gasteiger partial charge on any atom is 0.227 e. The SMILES string of the molecule is Cc1cc(C)cc(N2C[C@@H](c3nc4ccccc4n3[C@H](C)c3ccccc3)CC2=O)c1. The van der Waals surface area contributed by atoms with Crippen LogP contribution in [0.5, 0.6) is 0 Å². The van der Waals surface area contributed by atoms with Crippen molar-refractivity contribution in [3.05, 3.63) is 95.3 Å². The van der Waals surface area contributed by atoms with Crippen LogP contribution in [0.1, 0.15) is 47.8 Å². The maximum absolute atomic E-state index is 13.0. The van der Waals surface area contributed by atoms with Gasteiger partial charge in [-0.2, -0.15) is 0 Å². The minimum Gasteiger partial charge on any atom is -0.320 e. The van der Waals surface area contributed by atoms with Crippen LogP contribution in [0.2, 0.25) is 0 Å². The summed E-state index contributed by atoms with van der Waals surface area (Å²) < 4.78 is 2.33. The molecule has 0 aliphatic carbocycles. The highest BCUT2D eigenvalue weighted by Gasteiger charge is 2.35. The summed E-state index contributed by atoms with van der Waals surface area (Å²) in [5.74, 6) is 1.23. The number of amides is 1. The van der Waals surface area contributed by atoms with Crippen molar-refractivity contribution in [1.29, 1.82) is 0 Å². The van der Waals surface area contributed by atoms with Crippen molar-refractivity contribution in [3.8, 4) is 0 Å². The molecule has 2 atom stereocenters. The van der Waals surface area contributed by atoms with Gasteiger partial charge in [-0.05, 0) is 61.7 Å². The first-order chi connectivity index (χ1) is 15.0. The standard InChI is InChI=1S/C27H27N3O/c1-18-13-19(2)15-23(14-18)29-17-22(16-26(29)31)27-28-24-11-7-8-12-25(24)30(27)20(3)21-9-5-4-6-10-21/h4-15,20,22H,16-17H2,1-3H3/t20-,22+/m1/s1. The van der Waals surface area contributed by atoms with Crippen LogP contribution in [0.15, 0.2) is 72.8 Å². The van der Waals surface area contributed by atoms with Crippen LogP contribution in [-0.2, 0) is 4.79 Å². The van der Waals surface area contributed by atoms with E-state index < -0.39 is 0 Å². The Kier molecular flexibility index (Phi) is 4.85. The van der Waals surface area contributed by atoms with Crippen LogP contribution in [0, 0.1) is 13.8 Å². The molecule has 0 N–H and O–H groups in total. The van der Waals surface area contributed by atoms with E-state index in [0.29, 0.717) is 13.0 Å². The summed E-state index contributed by atoms with van der Waals surface area (Å²) in [6, 6.07) is 25.3. The topological polar surface area (TPSA) is 38.1 Å². The number of hydrogen-bond donors (Lipinski definition) is 0. The average molecular weight is 410 g/mol. The molecule has 4 nitrogen and oxygen atoms in total. The molecule has 1 aliphatic heterocycles. The van der Waals surface area contributed by atoms with Crippen molar-refractivity contribution in [3.63, 3.8) is 0 Å². The lowest BCUT2D eigenvalue weighted by Gasteiger charge is -2.21. The highest BCUT2D eigenvalue weighted by Crippen LogP contribution is 2.36. The maximum atomic E-state index is 13.0.